The van der Waals surface area contributed by atoms with Gasteiger partial charge in [-0.1, -0.05) is 46.9 Å². The molecule has 3 heteroatoms. The quantitative estimate of drug-likeness (QED) is 0.432. The van der Waals surface area contributed by atoms with Gasteiger partial charge in [0.25, 0.3) is 0 Å². The van der Waals surface area contributed by atoms with E-state index in [1.807, 2.05) is 6.92 Å². The van der Waals surface area contributed by atoms with Crippen molar-refractivity contribution in [1.82, 2.24) is 0 Å². The van der Waals surface area contributed by atoms with Crippen LogP contribution in [0.15, 0.2) is 24.3 Å². The van der Waals surface area contributed by atoms with Gasteiger partial charge in [0.2, 0.25) is 0 Å². The summed E-state index contributed by atoms with van der Waals surface area (Å²) in [5.41, 5.74) is 2.58. The topological polar surface area (TPSA) is 18.5 Å². The van der Waals surface area contributed by atoms with E-state index in [9.17, 15) is 0 Å². The molecule has 16 heavy (non-hydrogen) atoms. The number of aryl methyl sites for hydroxylation is 1. The minimum Gasteiger partial charge on any atom is -0.379 e. The molecule has 0 spiro atoms. The molecule has 0 saturated carbocycles. The van der Waals surface area contributed by atoms with Gasteiger partial charge in [0.1, 0.15) is 0 Å². The normalized spacial score (nSPS) is 12.7. The van der Waals surface area contributed by atoms with Crippen molar-refractivity contribution in [2.45, 2.75) is 20.0 Å². The van der Waals surface area contributed by atoms with Gasteiger partial charge in [0.05, 0.1) is 19.3 Å². The van der Waals surface area contributed by atoms with Crippen LogP contribution in [-0.4, -0.2) is 24.2 Å². The van der Waals surface area contributed by atoms with Crippen LogP contribution in [0.25, 0.3) is 0 Å². The number of halogens is 1. The Morgan fingerprint density at radius 2 is 2.00 bits per heavy atom. The van der Waals surface area contributed by atoms with Gasteiger partial charge in [-0.25, -0.2) is 0 Å². The van der Waals surface area contributed by atoms with Crippen molar-refractivity contribution in [2.24, 2.45) is 0 Å². The maximum Gasteiger partial charge on any atom is 0.0917 e. The zero-order valence-corrected chi connectivity index (χ0v) is 12.1. The van der Waals surface area contributed by atoms with Crippen molar-refractivity contribution < 1.29 is 9.47 Å². The van der Waals surface area contributed by atoms with Crippen molar-refractivity contribution in [2.75, 3.05) is 24.2 Å². The van der Waals surface area contributed by atoms with Crippen LogP contribution in [0.4, 0.5) is 0 Å². The van der Waals surface area contributed by atoms with Crippen LogP contribution >= 0.6 is 22.6 Å². The van der Waals surface area contributed by atoms with Gasteiger partial charge in [0.15, 0.2) is 0 Å². The van der Waals surface area contributed by atoms with Crippen LogP contribution in [0.2, 0.25) is 0 Å². The Bertz CT molecular complexity index is 302. The highest BCUT2D eigenvalue weighted by molar-refractivity contribution is 14.1. The zero-order valence-electron chi connectivity index (χ0n) is 9.91. The molecule has 0 fully saturated rings. The van der Waals surface area contributed by atoms with Crippen LogP contribution in [0, 0.1) is 6.92 Å². The number of benzene rings is 1. The first kappa shape index (κ1) is 13.9. The molecule has 1 rings (SSSR count). The summed E-state index contributed by atoms with van der Waals surface area (Å²) in [6, 6.07) is 8.39. The van der Waals surface area contributed by atoms with Crippen LogP contribution in [0.3, 0.4) is 0 Å². The molecule has 0 aromatic heterocycles. The largest absolute Gasteiger partial charge is 0.379 e. The number of alkyl halides is 1. The third-order valence-electron chi connectivity index (χ3n) is 2.43. The SMILES string of the molecule is CCOCCOC(CI)c1ccccc1C. The van der Waals surface area contributed by atoms with Gasteiger partial charge in [-0.2, -0.15) is 0 Å². The lowest BCUT2D eigenvalue weighted by atomic mass is 10.0. The maximum absolute atomic E-state index is 5.83. The first-order chi connectivity index (χ1) is 7.79. The predicted octanol–water partition coefficient (Wildman–Crippen LogP) is 3.52. The van der Waals surface area contributed by atoms with E-state index in [0.29, 0.717) is 13.2 Å². The van der Waals surface area contributed by atoms with E-state index in [4.69, 9.17) is 9.47 Å². The molecule has 1 atom stereocenters. The van der Waals surface area contributed by atoms with Gasteiger partial charge in [0, 0.05) is 11.0 Å². The molecule has 1 aromatic rings. The van der Waals surface area contributed by atoms with E-state index in [1.165, 1.54) is 11.1 Å². The molecule has 0 N–H and O–H groups in total. The fourth-order valence-corrected chi connectivity index (χ4v) is 2.29. The summed E-state index contributed by atoms with van der Waals surface area (Å²) in [7, 11) is 0. The minimum atomic E-state index is 0.183. The molecule has 0 bridgehead atoms. The maximum atomic E-state index is 5.83. The van der Waals surface area contributed by atoms with E-state index in [-0.39, 0.29) is 6.10 Å². The van der Waals surface area contributed by atoms with Crippen molar-refractivity contribution in [3.8, 4) is 0 Å². The molecule has 0 amide bonds. The van der Waals surface area contributed by atoms with Crippen LogP contribution < -0.4 is 0 Å². The molecule has 90 valence electrons. The van der Waals surface area contributed by atoms with E-state index < -0.39 is 0 Å². The summed E-state index contributed by atoms with van der Waals surface area (Å²) in [5, 5.41) is 0. The number of hydrogen-bond donors (Lipinski definition) is 0. The van der Waals surface area contributed by atoms with E-state index in [0.717, 1.165) is 11.0 Å². The Morgan fingerprint density at radius 1 is 1.25 bits per heavy atom. The standard InChI is InChI=1S/C13H19IO2/c1-3-15-8-9-16-13(10-14)12-7-5-4-6-11(12)2/h4-7,13H,3,8-10H2,1-2H3. The van der Waals surface area contributed by atoms with Gasteiger partial charge in [-0.3, -0.25) is 0 Å². The van der Waals surface area contributed by atoms with E-state index >= 15 is 0 Å². The molecule has 0 aliphatic carbocycles. The summed E-state index contributed by atoms with van der Waals surface area (Å²) in [6.45, 7) is 6.21. The Morgan fingerprint density at radius 3 is 2.62 bits per heavy atom. The predicted molar refractivity (Wildman–Crippen MR) is 75.3 cm³/mol. The average molecular weight is 334 g/mol. The summed E-state index contributed by atoms with van der Waals surface area (Å²) in [4.78, 5) is 0. The minimum absolute atomic E-state index is 0.183. The van der Waals surface area contributed by atoms with Crippen molar-refractivity contribution in [3.05, 3.63) is 35.4 Å². The highest BCUT2D eigenvalue weighted by Crippen LogP contribution is 2.22. The fraction of sp³-hybridized carbons (Fsp3) is 0.538. The van der Waals surface area contributed by atoms with Crippen LogP contribution in [0.1, 0.15) is 24.2 Å². The van der Waals surface area contributed by atoms with Crippen molar-refractivity contribution in [1.29, 1.82) is 0 Å². The van der Waals surface area contributed by atoms with Crippen LogP contribution in [-0.2, 0) is 9.47 Å². The molecule has 0 radical (unpaired) electrons. The second-order valence-electron chi connectivity index (χ2n) is 3.57. The Kier molecular flexibility index (Phi) is 7.00. The molecular weight excluding hydrogens is 315 g/mol. The summed E-state index contributed by atoms with van der Waals surface area (Å²) >= 11 is 2.36. The summed E-state index contributed by atoms with van der Waals surface area (Å²) < 4.78 is 12.1. The Hall–Kier alpha value is -0.130. The smallest absolute Gasteiger partial charge is 0.0917 e. The second-order valence-corrected chi connectivity index (χ2v) is 4.45. The van der Waals surface area contributed by atoms with Crippen molar-refractivity contribution >= 4 is 22.6 Å². The van der Waals surface area contributed by atoms with E-state index in [1.54, 1.807) is 0 Å². The lowest BCUT2D eigenvalue weighted by Gasteiger charge is -2.17. The highest BCUT2D eigenvalue weighted by atomic mass is 127. The molecule has 2 nitrogen and oxygen atoms in total. The summed E-state index contributed by atoms with van der Waals surface area (Å²) in [6.07, 6.45) is 0.183. The average Bonchev–Trinajstić information content (AvgIpc) is 2.31. The van der Waals surface area contributed by atoms with Gasteiger partial charge >= 0.3 is 0 Å². The number of ether oxygens (including phenoxy) is 2. The Labute approximate surface area is 111 Å². The lowest BCUT2D eigenvalue weighted by Crippen LogP contribution is -2.12. The molecule has 1 unspecified atom stereocenters. The highest BCUT2D eigenvalue weighted by Gasteiger charge is 2.12. The van der Waals surface area contributed by atoms with Crippen LogP contribution in [0.5, 0.6) is 0 Å². The molecule has 1 aromatic carbocycles. The number of hydrogen-bond acceptors (Lipinski definition) is 2. The summed E-state index contributed by atoms with van der Waals surface area (Å²) in [5.74, 6) is 0. The molecule has 0 aliphatic heterocycles. The fourth-order valence-electron chi connectivity index (χ4n) is 1.56. The first-order valence-corrected chi connectivity index (χ1v) is 7.13. The van der Waals surface area contributed by atoms with E-state index in [2.05, 4.69) is 53.8 Å². The van der Waals surface area contributed by atoms with Crippen molar-refractivity contribution in [3.63, 3.8) is 0 Å². The molecule has 0 saturated heterocycles. The first-order valence-electron chi connectivity index (χ1n) is 5.60. The monoisotopic (exact) mass is 334 g/mol. The molecule has 0 heterocycles. The zero-order chi connectivity index (χ0) is 11.8. The second kappa shape index (κ2) is 8.03. The number of rotatable bonds is 7. The van der Waals surface area contributed by atoms with Gasteiger partial charge < -0.3 is 9.47 Å². The van der Waals surface area contributed by atoms with Gasteiger partial charge in [-0.15, -0.1) is 0 Å². The molecule has 0 aliphatic rings. The Balaban J connectivity index is 2.51. The molecular formula is C13H19IO2. The third-order valence-corrected chi connectivity index (χ3v) is 3.23. The van der Waals surface area contributed by atoms with Gasteiger partial charge in [-0.05, 0) is 25.0 Å². The lowest BCUT2D eigenvalue weighted by molar-refractivity contribution is 0.0176. The third kappa shape index (κ3) is 4.39.